The fourth-order valence-electron chi connectivity index (χ4n) is 3.28. The lowest BCUT2D eigenvalue weighted by atomic mass is 9.98. The van der Waals surface area contributed by atoms with Gasteiger partial charge in [0.15, 0.2) is 0 Å². The van der Waals surface area contributed by atoms with Crippen LogP contribution in [0.3, 0.4) is 0 Å². The quantitative estimate of drug-likeness (QED) is 0.709. The molecular formula is C21H25N3O4S. The van der Waals surface area contributed by atoms with Gasteiger partial charge in [-0.15, -0.1) is 0 Å². The summed E-state index contributed by atoms with van der Waals surface area (Å²) in [5.74, 6) is -0.790. The fourth-order valence-corrected chi connectivity index (χ4v) is 4.80. The van der Waals surface area contributed by atoms with Crippen molar-refractivity contribution in [3.8, 4) is 0 Å². The van der Waals surface area contributed by atoms with E-state index in [9.17, 15) is 18.0 Å². The smallest absolute Gasteiger partial charge is 0.269 e. The van der Waals surface area contributed by atoms with Gasteiger partial charge in [-0.3, -0.25) is 20.4 Å². The molecule has 1 unspecified atom stereocenters. The van der Waals surface area contributed by atoms with Crippen LogP contribution in [0.2, 0.25) is 0 Å². The van der Waals surface area contributed by atoms with Gasteiger partial charge in [0.1, 0.15) is 0 Å². The van der Waals surface area contributed by atoms with Crippen molar-refractivity contribution < 1.29 is 18.0 Å². The molecular weight excluding hydrogens is 390 g/mol. The third-order valence-corrected chi connectivity index (χ3v) is 6.91. The largest absolute Gasteiger partial charge is 0.273 e. The number of sulfonamides is 1. The molecule has 2 aromatic carbocycles. The standard InChI is InChI=1S/C21H25N3O4S/c1-16(17-7-3-2-4-8-17)15-20(25)22-23-21(26)18-9-11-19(12-10-18)29(27,28)24-13-5-6-14-24/h2-4,7-12,16H,5-6,13-15H2,1H3,(H,22,25)(H,23,26). The Kier molecular flexibility index (Phi) is 6.66. The monoisotopic (exact) mass is 415 g/mol. The first-order valence-corrected chi connectivity index (χ1v) is 11.1. The maximum Gasteiger partial charge on any atom is 0.269 e. The third-order valence-electron chi connectivity index (χ3n) is 4.99. The molecule has 1 aliphatic rings. The summed E-state index contributed by atoms with van der Waals surface area (Å²) in [6, 6.07) is 15.4. The number of nitrogens with one attached hydrogen (secondary N) is 2. The van der Waals surface area contributed by atoms with Crippen LogP contribution in [0, 0.1) is 0 Å². The minimum Gasteiger partial charge on any atom is -0.273 e. The molecule has 2 aromatic rings. The van der Waals surface area contributed by atoms with Crippen LogP contribution in [0.5, 0.6) is 0 Å². The molecule has 0 spiro atoms. The number of hydrazine groups is 1. The molecule has 1 heterocycles. The van der Waals surface area contributed by atoms with Crippen LogP contribution in [0.1, 0.15) is 48.0 Å². The van der Waals surface area contributed by atoms with Crippen LogP contribution >= 0.6 is 0 Å². The van der Waals surface area contributed by atoms with E-state index in [1.54, 1.807) is 0 Å². The van der Waals surface area contributed by atoms with Crippen molar-refractivity contribution in [1.29, 1.82) is 0 Å². The molecule has 1 fully saturated rings. The van der Waals surface area contributed by atoms with Gasteiger partial charge >= 0.3 is 0 Å². The average Bonchev–Trinajstić information content (AvgIpc) is 3.28. The highest BCUT2D eigenvalue weighted by Crippen LogP contribution is 2.21. The van der Waals surface area contributed by atoms with Gasteiger partial charge in [0.25, 0.3) is 5.91 Å². The van der Waals surface area contributed by atoms with E-state index < -0.39 is 15.9 Å². The van der Waals surface area contributed by atoms with Crippen LogP contribution in [0.25, 0.3) is 0 Å². The summed E-state index contributed by atoms with van der Waals surface area (Å²) in [4.78, 5) is 24.5. The van der Waals surface area contributed by atoms with Crippen molar-refractivity contribution in [1.82, 2.24) is 15.2 Å². The number of hydrogen-bond donors (Lipinski definition) is 2. The van der Waals surface area contributed by atoms with Gasteiger partial charge in [-0.05, 0) is 48.6 Å². The van der Waals surface area contributed by atoms with E-state index in [-0.39, 0.29) is 28.7 Å². The molecule has 3 rings (SSSR count). The van der Waals surface area contributed by atoms with Gasteiger partial charge in [0.05, 0.1) is 4.90 Å². The number of carbonyl (C=O) groups excluding carboxylic acids is 2. The van der Waals surface area contributed by atoms with Gasteiger partial charge < -0.3 is 0 Å². The van der Waals surface area contributed by atoms with E-state index in [0.717, 1.165) is 18.4 Å². The fraction of sp³-hybridized carbons (Fsp3) is 0.333. The zero-order valence-electron chi connectivity index (χ0n) is 16.3. The number of nitrogens with zero attached hydrogens (tertiary/aromatic N) is 1. The molecule has 0 saturated carbocycles. The zero-order valence-corrected chi connectivity index (χ0v) is 17.1. The van der Waals surface area contributed by atoms with E-state index in [1.165, 1.54) is 28.6 Å². The predicted octanol–water partition coefficient (Wildman–Crippen LogP) is 2.43. The molecule has 0 bridgehead atoms. The van der Waals surface area contributed by atoms with E-state index in [4.69, 9.17) is 0 Å². The van der Waals surface area contributed by atoms with Crippen LogP contribution in [0.4, 0.5) is 0 Å². The second-order valence-corrected chi connectivity index (χ2v) is 9.09. The second-order valence-electron chi connectivity index (χ2n) is 7.15. The summed E-state index contributed by atoms with van der Waals surface area (Å²) in [6.45, 7) is 2.99. The van der Waals surface area contributed by atoms with Gasteiger partial charge in [0.2, 0.25) is 15.9 Å². The molecule has 1 atom stereocenters. The number of hydrogen-bond acceptors (Lipinski definition) is 4. The van der Waals surface area contributed by atoms with Crippen molar-refractivity contribution in [2.45, 2.75) is 37.0 Å². The second kappa shape index (κ2) is 9.19. The van der Waals surface area contributed by atoms with Crippen LogP contribution < -0.4 is 10.9 Å². The number of rotatable bonds is 6. The van der Waals surface area contributed by atoms with Crippen LogP contribution in [-0.4, -0.2) is 37.6 Å². The van der Waals surface area contributed by atoms with Crippen molar-refractivity contribution >= 4 is 21.8 Å². The lowest BCUT2D eigenvalue weighted by Crippen LogP contribution is -2.42. The Balaban J connectivity index is 1.53. The average molecular weight is 416 g/mol. The van der Waals surface area contributed by atoms with E-state index in [0.29, 0.717) is 13.1 Å². The van der Waals surface area contributed by atoms with Gasteiger partial charge in [0, 0.05) is 25.1 Å². The molecule has 8 heteroatoms. The van der Waals surface area contributed by atoms with Gasteiger partial charge in [-0.25, -0.2) is 8.42 Å². The summed E-state index contributed by atoms with van der Waals surface area (Å²) >= 11 is 0. The first-order valence-electron chi connectivity index (χ1n) is 9.62. The molecule has 29 heavy (non-hydrogen) atoms. The van der Waals surface area contributed by atoms with Crippen LogP contribution in [0.15, 0.2) is 59.5 Å². The van der Waals surface area contributed by atoms with Crippen molar-refractivity contribution in [2.75, 3.05) is 13.1 Å². The van der Waals surface area contributed by atoms with E-state index >= 15 is 0 Å². The molecule has 154 valence electrons. The lowest BCUT2D eigenvalue weighted by Gasteiger charge is -2.15. The molecule has 2 amide bonds. The predicted molar refractivity (Wildman–Crippen MR) is 110 cm³/mol. The maximum absolute atomic E-state index is 12.5. The third kappa shape index (κ3) is 5.21. The van der Waals surface area contributed by atoms with Gasteiger partial charge in [-0.2, -0.15) is 4.31 Å². The Hall–Kier alpha value is -2.71. The minimum absolute atomic E-state index is 0.0168. The Morgan fingerprint density at radius 2 is 1.59 bits per heavy atom. The van der Waals surface area contributed by atoms with Crippen molar-refractivity contribution in [2.24, 2.45) is 0 Å². The zero-order chi connectivity index (χ0) is 20.9. The molecule has 7 nitrogen and oxygen atoms in total. The molecule has 1 aliphatic heterocycles. The summed E-state index contributed by atoms with van der Waals surface area (Å²) in [5, 5.41) is 0. The highest BCUT2D eigenvalue weighted by atomic mass is 32.2. The SMILES string of the molecule is CC(CC(=O)NNC(=O)c1ccc(S(=O)(=O)N2CCCC2)cc1)c1ccccc1. The Bertz CT molecular complexity index is 953. The molecule has 2 N–H and O–H groups in total. The number of carbonyl (C=O) groups is 2. The Labute approximate surface area is 171 Å². The lowest BCUT2D eigenvalue weighted by molar-refractivity contribution is -0.122. The summed E-state index contributed by atoms with van der Waals surface area (Å²) in [7, 11) is -3.51. The Morgan fingerprint density at radius 1 is 0.966 bits per heavy atom. The first kappa shape index (κ1) is 21.0. The molecule has 0 aromatic heterocycles. The van der Waals surface area contributed by atoms with Gasteiger partial charge in [-0.1, -0.05) is 37.3 Å². The normalized spacial score (nSPS) is 15.6. The van der Waals surface area contributed by atoms with Crippen molar-refractivity contribution in [3.63, 3.8) is 0 Å². The molecule has 0 radical (unpaired) electrons. The highest BCUT2D eigenvalue weighted by Gasteiger charge is 2.27. The maximum atomic E-state index is 12.5. The van der Waals surface area contributed by atoms with E-state index in [1.807, 2.05) is 37.3 Å². The summed E-state index contributed by atoms with van der Waals surface area (Å²) < 4.78 is 26.5. The topological polar surface area (TPSA) is 95.6 Å². The summed E-state index contributed by atoms with van der Waals surface area (Å²) in [5.41, 5.74) is 6.09. The summed E-state index contributed by atoms with van der Waals surface area (Å²) in [6.07, 6.45) is 1.96. The molecule has 0 aliphatic carbocycles. The first-order chi connectivity index (χ1) is 13.9. The van der Waals surface area contributed by atoms with E-state index in [2.05, 4.69) is 10.9 Å². The van der Waals surface area contributed by atoms with Crippen molar-refractivity contribution in [3.05, 3.63) is 65.7 Å². The van der Waals surface area contributed by atoms with Crippen LogP contribution in [-0.2, 0) is 14.8 Å². The molecule has 1 saturated heterocycles. The minimum atomic E-state index is -3.51. The number of benzene rings is 2. The Morgan fingerprint density at radius 3 is 2.21 bits per heavy atom. The number of amides is 2. The highest BCUT2D eigenvalue weighted by molar-refractivity contribution is 7.89.